The minimum Gasteiger partial charge on any atom is -0.396 e. The number of nitrogens with zero attached hydrogens (tertiary/aromatic N) is 3. The summed E-state index contributed by atoms with van der Waals surface area (Å²) < 4.78 is 5.03. The Balaban J connectivity index is 1.52. The Hall–Kier alpha value is -4.53. The molecule has 0 radical (unpaired) electrons. The van der Waals surface area contributed by atoms with Gasteiger partial charge in [0.1, 0.15) is 21.0 Å². The summed E-state index contributed by atoms with van der Waals surface area (Å²) >= 11 is 1.16. The molecule has 5 N–H and O–H groups in total. The molecular weight excluding hydrogens is 514 g/mol. The van der Waals surface area contributed by atoms with Crippen molar-refractivity contribution in [3.05, 3.63) is 70.2 Å². The number of ether oxygens (including phenoxy) is 1. The van der Waals surface area contributed by atoms with Crippen LogP contribution in [-0.4, -0.2) is 42.0 Å². The van der Waals surface area contributed by atoms with Gasteiger partial charge in [0.05, 0.1) is 30.0 Å². The molecule has 0 unspecified atom stereocenters. The van der Waals surface area contributed by atoms with Crippen LogP contribution in [-0.2, 0) is 10.2 Å². The molecule has 0 aliphatic heterocycles. The first-order chi connectivity index (χ1) is 18.6. The fourth-order valence-electron chi connectivity index (χ4n) is 3.75. The second kappa shape index (κ2) is 11.5. The topological polar surface area (TPSA) is 155 Å². The van der Waals surface area contributed by atoms with Crippen LogP contribution in [0.1, 0.15) is 45.0 Å². The molecule has 0 aliphatic carbocycles. The van der Waals surface area contributed by atoms with Crippen molar-refractivity contribution in [1.82, 2.24) is 9.97 Å². The number of hydrogen-bond acceptors (Lipinski definition) is 9. The van der Waals surface area contributed by atoms with Gasteiger partial charge in [0.15, 0.2) is 0 Å². The Morgan fingerprint density at radius 3 is 2.69 bits per heavy atom. The Morgan fingerprint density at radius 1 is 1.15 bits per heavy atom. The minimum atomic E-state index is -0.723. The van der Waals surface area contributed by atoms with Gasteiger partial charge in [-0.15, -0.1) is 11.3 Å². The zero-order chi connectivity index (χ0) is 28.2. The lowest BCUT2D eigenvalue weighted by Crippen LogP contribution is -2.17. The van der Waals surface area contributed by atoms with Gasteiger partial charge in [-0.3, -0.25) is 9.59 Å². The smallest absolute Gasteiger partial charge is 0.268 e. The molecule has 0 spiro atoms. The number of carbonyl (C=O) groups excluding carboxylic acids is 2. The maximum atomic E-state index is 13.2. The van der Waals surface area contributed by atoms with E-state index in [-0.39, 0.29) is 11.6 Å². The number of amides is 2. The summed E-state index contributed by atoms with van der Waals surface area (Å²) in [5.41, 5.74) is 9.27. The molecule has 2 amide bonds. The zero-order valence-electron chi connectivity index (χ0n) is 22.1. The largest absolute Gasteiger partial charge is 0.396 e. The minimum absolute atomic E-state index is 0.248. The molecule has 39 heavy (non-hydrogen) atoms. The van der Waals surface area contributed by atoms with Crippen LogP contribution in [0.3, 0.4) is 0 Å². The maximum Gasteiger partial charge on any atom is 0.268 e. The zero-order valence-corrected chi connectivity index (χ0v) is 22.9. The van der Waals surface area contributed by atoms with Gasteiger partial charge in [-0.1, -0.05) is 18.2 Å². The average Bonchev–Trinajstić information content (AvgIpc) is 3.26. The molecule has 0 saturated carbocycles. The van der Waals surface area contributed by atoms with Crippen molar-refractivity contribution in [1.29, 1.82) is 5.26 Å². The van der Waals surface area contributed by atoms with E-state index in [1.165, 1.54) is 0 Å². The number of methoxy groups -OCH3 is 1. The molecule has 10 nitrogen and oxygen atoms in total. The quantitative estimate of drug-likeness (QED) is 0.216. The number of nitriles is 1. The molecule has 4 aromatic rings. The summed E-state index contributed by atoms with van der Waals surface area (Å²) in [6.45, 7) is 6.52. The van der Waals surface area contributed by atoms with Crippen LogP contribution in [0.15, 0.2) is 48.7 Å². The third-order valence-electron chi connectivity index (χ3n) is 6.13. The van der Waals surface area contributed by atoms with E-state index < -0.39 is 11.3 Å². The number of fused-ring (bicyclic) bond motifs is 1. The van der Waals surface area contributed by atoms with Crippen molar-refractivity contribution in [3.63, 3.8) is 0 Å². The number of carbonyl (C=O) groups is 2. The predicted molar refractivity (Wildman–Crippen MR) is 154 cm³/mol. The molecule has 2 aromatic carbocycles. The van der Waals surface area contributed by atoms with Gasteiger partial charge in [0.25, 0.3) is 11.8 Å². The molecule has 0 bridgehead atoms. The first-order valence-electron chi connectivity index (χ1n) is 12.2. The van der Waals surface area contributed by atoms with Gasteiger partial charge in [0.2, 0.25) is 0 Å². The fraction of sp³-hybridized carbons (Fsp3) is 0.250. The lowest BCUT2D eigenvalue weighted by Gasteiger charge is -2.17. The van der Waals surface area contributed by atoms with Crippen LogP contribution < -0.4 is 21.7 Å². The molecule has 0 atom stereocenters. The van der Waals surface area contributed by atoms with Gasteiger partial charge in [0, 0.05) is 30.6 Å². The molecule has 0 fully saturated rings. The van der Waals surface area contributed by atoms with E-state index in [4.69, 9.17) is 10.5 Å². The maximum absolute atomic E-state index is 13.2. The van der Waals surface area contributed by atoms with Crippen molar-refractivity contribution >= 4 is 56.4 Å². The van der Waals surface area contributed by atoms with E-state index in [2.05, 4.69) is 32.0 Å². The number of rotatable bonds is 9. The number of aryl methyl sites for hydroxylation is 1. The summed E-state index contributed by atoms with van der Waals surface area (Å²) in [5, 5.41) is 18.3. The Morgan fingerprint density at radius 2 is 1.95 bits per heavy atom. The number of thiophene rings is 1. The normalized spacial score (nSPS) is 11.2. The summed E-state index contributed by atoms with van der Waals surface area (Å²) in [7, 11) is 1.61. The second-order valence-corrected chi connectivity index (χ2v) is 10.4. The Kier molecular flexibility index (Phi) is 8.09. The Bertz CT molecular complexity index is 1590. The highest BCUT2D eigenvalue weighted by Gasteiger charge is 2.22. The first-order valence-corrected chi connectivity index (χ1v) is 13.0. The van der Waals surface area contributed by atoms with Crippen LogP contribution >= 0.6 is 11.3 Å². The molecule has 0 saturated heterocycles. The highest BCUT2D eigenvalue weighted by molar-refractivity contribution is 7.21. The highest BCUT2D eigenvalue weighted by Crippen LogP contribution is 2.33. The summed E-state index contributed by atoms with van der Waals surface area (Å²) in [4.78, 5) is 35.9. The van der Waals surface area contributed by atoms with Crippen molar-refractivity contribution in [2.75, 3.05) is 41.9 Å². The molecule has 200 valence electrons. The third kappa shape index (κ3) is 6.14. The lowest BCUT2D eigenvalue weighted by molar-refractivity contribution is 0.102. The molecular formula is C28H29N7O3S. The Labute approximate surface area is 230 Å². The first kappa shape index (κ1) is 27.5. The van der Waals surface area contributed by atoms with Crippen LogP contribution in [0.25, 0.3) is 10.3 Å². The van der Waals surface area contributed by atoms with Crippen LogP contribution in [0.2, 0.25) is 0 Å². The molecule has 0 aliphatic rings. The third-order valence-corrected chi connectivity index (χ3v) is 7.23. The van der Waals surface area contributed by atoms with Gasteiger partial charge >= 0.3 is 0 Å². The number of aromatic nitrogens is 2. The molecule has 2 heterocycles. The van der Waals surface area contributed by atoms with Crippen molar-refractivity contribution in [2.24, 2.45) is 0 Å². The fourth-order valence-corrected chi connectivity index (χ4v) is 4.65. The van der Waals surface area contributed by atoms with E-state index in [0.29, 0.717) is 51.1 Å². The summed E-state index contributed by atoms with van der Waals surface area (Å²) in [5.74, 6) is -0.186. The monoisotopic (exact) mass is 543 g/mol. The number of hydrogen-bond donors (Lipinski definition) is 4. The van der Waals surface area contributed by atoms with Crippen LogP contribution in [0, 0.1) is 18.3 Å². The van der Waals surface area contributed by atoms with Crippen molar-refractivity contribution in [3.8, 4) is 6.07 Å². The summed E-state index contributed by atoms with van der Waals surface area (Å²) in [6, 6.07) is 14.5. The van der Waals surface area contributed by atoms with E-state index in [1.807, 2.05) is 13.0 Å². The molecule has 2 aromatic heterocycles. The van der Waals surface area contributed by atoms with E-state index >= 15 is 0 Å². The van der Waals surface area contributed by atoms with Gasteiger partial charge in [-0.25, -0.2) is 9.97 Å². The lowest BCUT2D eigenvalue weighted by atomic mass is 9.85. The second-order valence-electron chi connectivity index (χ2n) is 9.43. The van der Waals surface area contributed by atoms with Crippen molar-refractivity contribution < 1.29 is 14.3 Å². The number of nitrogens with one attached hydrogen (secondary N) is 3. The number of anilines is 4. The van der Waals surface area contributed by atoms with Gasteiger partial charge in [-0.05, 0) is 56.2 Å². The van der Waals surface area contributed by atoms with Crippen molar-refractivity contribution in [2.45, 2.75) is 26.2 Å². The van der Waals surface area contributed by atoms with Crippen LogP contribution in [0.4, 0.5) is 22.9 Å². The van der Waals surface area contributed by atoms with Gasteiger partial charge in [-0.2, -0.15) is 5.26 Å². The number of benzene rings is 2. The standard InChI is InChI=1S/C28H29N7O3S/c1-16-8-9-19(33-25(36)17-6-5-7-18(12-17)28(2,3)15-29)13-20(16)34-26(37)24-22(30)23-27(39-24)32-14-21(35-23)31-10-11-38-4/h5-9,12-14H,10-11,30H2,1-4H3,(H,31,35)(H,33,36)(H,34,37). The molecule has 11 heteroatoms. The average molecular weight is 544 g/mol. The molecule has 4 rings (SSSR count). The number of nitrogen functional groups attached to an aromatic ring is 1. The van der Waals surface area contributed by atoms with Gasteiger partial charge < -0.3 is 26.4 Å². The van der Waals surface area contributed by atoms with E-state index in [1.54, 1.807) is 63.6 Å². The highest BCUT2D eigenvalue weighted by atomic mass is 32.1. The van der Waals surface area contributed by atoms with Crippen LogP contribution in [0.5, 0.6) is 0 Å². The predicted octanol–water partition coefficient (Wildman–Crippen LogP) is 4.95. The SMILES string of the molecule is COCCNc1cnc2sc(C(=O)Nc3cc(NC(=O)c4cccc(C(C)(C)C#N)c4)ccc3C)c(N)c2n1. The van der Waals surface area contributed by atoms with E-state index in [0.717, 1.165) is 22.5 Å². The number of nitrogens with two attached hydrogens (primary N) is 1. The van der Waals surface area contributed by atoms with E-state index in [9.17, 15) is 14.9 Å². The summed E-state index contributed by atoms with van der Waals surface area (Å²) in [6.07, 6.45) is 1.59.